The smallest absolute Gasteiger partial charge is 0.108 e. The zero-order chi connectivity index (χ0) is 20.4. The van der Waals surface area contributed by atoms with E-state index in [0.717, 1.165) is 6.54 Å². The molecule has 0 saturated heterocycles. The van der Waals surface area contributed by atoms with Crippen LogP contribution in [0.5, 0.6) is 0 Å². The Morgan fingerprint density at radius 3 is 0.897 bits per heavy atom. The first-order valence-corrected chi connectivity index (χ1v) is 10.1. The highest BCUT2D eigenvalue weighted by molar-refractivity contribution is 7.19. The van der Waals surface area contributed by atoms with Gasteiger partial charge >= 0.3 is 0 Å². The summed E-state index contributed by atoms with van der Waals surface area (Å²) in [5.74, 6) is 0. The van der Waals surface area contributed by atoms with Crippen molar-refractivity contribution in [2.24, 2.45) is 0 Å². The molecule has 0 bridgehead atoms. The van der Waals surface area contributed by atoms with Crippen LogP contribution in [0.15, 0.2) is 134 Å². The van der Waals surface area contributed by atoms with Crippen LogP contribution in [0.2, 0.25) is 0 Å². The van der Waals surface area contributed by atoms with Crippen LogP contribution in [0.3, 0.4) is 0 Å². The van der Waals surface area contributed by atoms with Gasteiger partial charge in [-0.1, -0.05) is 128 Å². The lowest BCUT2D eigenvalue weighted by molar-refractivity contribution is -0.352. The van der Waals surface area contributed by atoms with Crippen molar-refractivity contribution >= 4 is 28.0 Å². The van der Waals surface area contributed by atoms with Crippen molar-refractivity contribution in [1.82, 2.24) is 0 Å². The summed E-state index contributed by atoms with van der Waals surface area (Å²) in [5.41, 5.74) is 8.84. The Morgan fingerprint density at radius 2 is 0.724 bits per heavy atom. The van der Waals surface area contributed by atoms with Crippen molar-refractivity contribution in [3.63, 3.8) is 0 Å². The maximum Gasteiger partial charge on any atom is 0.108 e. The number of hydrogen-bond donors (Lipinski definition) is 1. The minimum absolute atomic E-state index is 0.833. The Bertz CT molecular complexity index is 820. The lowest BCUT2D eigenvalue weighted by Crippen LogP contribution is -2.74. The van der Waals surface area contributed by atoms with Crippen LogP contribution in [0, 0.1) is 0 Å². The van der Waals surface area contributed by atoms with E-state index in [1.165, 1.54) is 21.9 Å². The lowest BCUT2D eigenvalue weighted by Gasteiger charge is -2.44. The predicted molar refractivity (Wildman–Crippen MR) is 128 cm³/mol. The molecule has 4 aromatic carbocycles. The number of benzene rings is 4. The minimum atomic E-state index is -1.22. The molecular weight excluding hydrogens is 349 g/mol. The standard InChI is InChI=1S/C24H20B.C3H7N/c1-5-13-21(14-6-1)25(22-15-7-2-8-16-22,23-17-9-3-10-18-23)24-19-11-4-12-20-24;1-2-3-4/h1-20H;2H,1,3-4H2/q-1;/p+1. The molecule has 0 aliphatic carbocycles. The van der Waals surface area contributed by atoms with Crippen molar-refractivity contribution in [2.45, 2.75) is 0 Å². The highest BCUT2D eigenvalue weighted by Crippen LogP contribution is 2.09. The van der Waals surface area contributed by atoms with E-state index in [4.69, 9.17) is 0 Å². The molecule has 0 heterocycles. The van der Waals surface area contributed by atoms with Gasteiger partial charge in [0.25, 0.3) is 0 Å². The van der Waals surface area contributed by atoms with Gasteiger partial charge in [-0.05, 0) is 6.08 Å². The molecule has 1 nitrogen and oxygen atoms in total. The molecule has 4 rings (SSSR count). The SMILES string of the molecule is C=CC[NH3+].c1ccc([B-](c2ccccc2)(c2ccccc2)c2ccccc2)cc1. The second-order valence-electron chi connectivity index (χ2n) is 7.09. The quantitative estimate of drug-likeness (QED) is 0.409. The largest absolute Gasteiger partial charge is 0.354 e. The molecule has 0 fully saturated rings. The molecule has 0 saturated carbocycles. The highest BCUT2D eigenvalue weighted by atomic mass is 14.5. The molecule has 144 valence electrons. The van der Waals surface area contributed by atoms with Gasteiger partial charge in [0.05, 0.1) is 6.54 Å². The Morgan fingerprint density at radius 1 is 0.517 bits per heavy atom. The van der Waals surface area contributed by atoms with E-state index in [9.17, 15) is 0 Å². The fourth-order valence-corrected chi connectivity index (χ4v) is 4.12. The van der Waals surface area contributed by atoms with Crippen molar-refractivity contribution < 1.29 is 5.73 Å². The average Bonchev–Trinajstić information content (AvgIpc) is 2.83. The molecule has 2 heteroatoms. The maximum atomic E-state index is 3.49. The molecule has 0 aliphatic heterocycles. The van der Waals surface area contributed by atoms with Crippen molar-refractivity contribution in [3.8, 4) is 0 Å². The fraction of sp³-hybridized carbons (Fsp3) is 0.0370. The fourth-order valence-electron chi connectivity index (χ4n) is 4.12. The molecule has 4 aromatic rings. The molecule has 0 radical (unpaired) electrons. The van der Waals surface area contributed by atoms with Gasteiger partial charge in [-0.25, -0.2) is 0 Å². The highest BCUT2D eigenvalue weighted by Gasteiger charge is 2.30. The Hall–Kier alpha value is -3.36. The summed E-state index contributed by atoms with van der Waals surface area (Å²) in [7, 11) is 0. The maximum absolute atomic E-state index is 3.49. The van der Waals surface area contributed by atoms with Crippen LogP contribution in [0.25, 0.3) is 0 Å². The van der Waals surface area contributed by atoms with Crippen molar-refractivity contribution in [1.29, 1.82) is 0 Å². The van der Waals surface area contributed by atoms with Crippen LogP contribution < -0.4 is 27.6 Å². The first kappa shape index (κ1) is 20.4. The van der Waals surface area contributed by atoms with E-state index in [0.29, 0.717) is 0 Å². The second kappa shape index (κ2) is 10.3. The Balaban J connectivity index is 0.000000552. The molecule has 0 spiro atoms. The van der Waals surface area contributed by atoms with Gasteiger partial charge in [-0.2, -0.15) is 21.9 Å². The molecule has 0 atom stereocenters. The van der Waals surface area contributed by atoms with E-state index in [-0.39, 0.29) is 0 Å². The van der Waals surface area contributed by atoms with Gasteiger partial charge in [0, 0.05) is 0 Å². The molecule has 29 heavy (non-hydrogen) atoms. The normalized spacial score (nSPS) is 10.5. The van der Waals surface area contributed by atoms with Gasteiger partial charge in [0.1, 0.15) is 6.15 Å². The minimum Gasteiger partial charge on any atom is -0.354 e. The van der Waals surface area contributed by atoms with Crippen LogP contribution in [-0.2, 0) is 0 Å². The van der Waals surface area contributed by atoms with Crippen molar-refractivity contribution in [3.05, 3.63) is 134 Å². The molecular formula is C27H28BN. The summed E-state index contributed by atoms with van der Waals surface area (Å²) in [6.45, 7) is 4.25. The van der Waals surface area contributed by atoms with Crippen LogP contribution in [0.1, 0.15) is 0 Å². The van der Waals surface area contributed by atoms with E-state index < -0.39 is 6.15 Å². The molecule has 0 unspecified atom stereocenters. The topological polar surface area (TPSA) is 27.6 Å². The van der Waals surface area contributed by atoms with Gasteiger partial charge in [0.15, 0.2) is 0 Å². The Labute approximate surface area is 174 Å². The summed E-state index contributed by atoms with van der Waals surface area (Å²) in [4.78, 5) is 0. The third kappa shape index (κ3) is 4.39. The first-order chi connectivity index (χ1) is 14.3. The van der Waals surface area contributed by atoms with Gasteiger partial charge in [-0.3, -0.25) is 0 Å². The van der Waals surface area contributed by atoms with E-state index in [2.05, 4.69) is 134 Å². The second-order valence-corrected chi connectivity index (χ2v) is 7.09. The molecule has 0 aromatic heterocycles. The summed E-state index contributed by atoms with van der Waals surface area (Å²) >= 11 is 0. The van der Waals surface area contributed by atoms with Gasteiger partial charge in [-0.15, -0.1) is 0 Å². The van der Waals surface area contributed by atoms with Crippen LogP contribution in [0.4, 0.5) is 0 Å². The first-order valence-electron chi connectivity index (χ1n) is 10.1. The Kier molecular flexibility index (Phi) is 7.21. The van der Waals surface area contributed by atoms with Crippen LogP contribution in [-0.4, -0.2) is 12.7 Å². The summed E-state index contributed by atoms with van der Waals surface area (Å²) in [6.07, 6.45) is 0.548. The molecule has 0 amide bonds. The summed E-state index contributed by atoms with van der Waals surface area (Å²) in [6, 6.07) is 43.5. The van der Waals surface area contributed by atoms with E-state index in [1.807, 2.05) is 0 Å². The van der Waals surface area contributed by atoms with Gasteiger partial charge < -0.3 is 5.73 Å². The van der Waals surface area contributed by atoms with Gasteiger partial charge in [0.2, 0.25) is 0 Å². The third-order valence-corrected chi connectivity index (χ3v) is 5.40. The third-order valence-electron chi connectivity index (χ3n) is 5.40. The average molecular weight is 377 g/mol. The van der Waals surface area contributed by atoms with Crippen molar-refractivity contribution in [2.75, 3.05) is 6.54 Å². The number of rotatable bonds is 5. The van der Waals surface area contributed by atoms with E-state index >= 15 is 0 Å². The van der Waals surface area contributed by atoms with E-state index in [1.54, 1.807) is 6.08 Å². The zero-order valence-corrected chi connectivity index (χ0v) is 16.8. The number of hydrogen-bond acceptors (Lipinski definition) is 0. The zero-order valence-electron chi connectivity index (χ0n) is 16.8. The lowest BCUT2D eigenvalue weighted by atomic mass is 9.13. The monoisotopic (exact) mass is 377 g/mol. The summed E-state index contributed by atoms with van der Waals surface area (Å²) < 4.78 is 0. The molecule has 3 N–H and O–H groups in total. The molecule has 0 aliphatic rings. The van der Waals surface area contributed by atoms with Crippen LogP contribution >= 0.6 is 0 Å². The predicted octanol–water partition coefficient (Wildman–Crippen LogP) is 2.48. The summed E-state index contributed by atoms with van der Waals surface area (Å²) in [5, 5.41) is 0. The number of quaternary nitrogens is 1.